The van der Waals surface area contributed by atoms with Crippen LogP contribution in [0.5, 0.6) is 0 Å². The van der Waals surface area contributed by atoms with E-state index in [1.165, 1.54) is 12.8 Å². The summed E-state index contributed by atoms with van der Waals surface area (Å²) in [6.45, 7) is 8.42. The van der Waals surface area contributed by atoms with Gasteiger partial charge >= 0.3 is 0 Å². The van der Waals surface area contributed by atoms with E-state index < -0.39 is 0 Å². The Balaban J connectivity index is 2.37. The summed E-state index contributed by atoms with van der Waals surface area (Å²) in [4.78, 5) is 0. The molecular weight excluding hydrogens is 214 g/mol. The van der Waals surface area contributed by atoms with Crippen LogP contribution in [0.4, 0.5) is 0 Å². The third-order valence-corrected chi connectivity index (χ3v) is 3.54. The summed E-state index contributed by atoms with van der Waals surface area (Å²) < 4.78 is 11.1. The standard InChI is InChI=1S/C14H29NO2/c1-5-6-13(10-16-4)15-12-7-8-17-14(9-12)11(2)3/h11-15H,5-10H2,1-4H3. The largest absolute Gasteiger partial charge is 0.383 e. The third-order valence-electron chi connectivity index (χ3n) is 3.54. The van der Waals surface area contributed by atoms with Gasteiger partial charge in [0.15, 0.2) is 0 Å². The Labute approximate surface area is 106 Å². The summed E-state index contributed by atoms with van der Waals surface area (Å²) in [6.07, 6.45) is 5.09. The summed E-state index contributed by atoms with van der Waals surface area (Å²) in [5.41, 5.74) is 0. The first-order valence-electron chi connectivity index (χ1n) is 7.04. The van der Waals surface area contributed by atoms with Crippen molar-refractivity contribution in [2.24, 2.45) is 5.92 Å². The maximum atomic E-state index is 5.80. The molecule has 3 nitrogen and oxygen atoms in total. The van der Waals surface area contributed by atoms with Gasteiger partial charge in [0, 0.05) is 25.8 Å². The van der Waals surface area contributed by atoms with Crippen molar-refractivity contribution in [2.45, 2.75) is 64.6 Å². The van der Waals surface area contributed by atoms with E-state index in [1.54, 1.807) is 7.11 Å². The van der Waals surface area contributed by atoms with Gasteiger partial charge in [0.1, 0.15) is 0 Å². The Morgan fingerprint density at radius 2 is 2.18 bits per heavy atom. The smallest absolute Gasteiger partial charge is 0.0615 e. The van der Waals surface area contributed by atoms with E-state index in [-0.39, 0.29) is 0 Å². The van der Waals surface area contributed by atoms with E-state index in [4.69, 9.17) is 9.47 Å². The molecule has 0 saturated carbocycles. The van der Waals surface area contributed by atoms with Gasteiger partial charge in [-0.2, -0.15) is 0 Å². The van der Waals surface area contributed by atoms with Crippen LogP contribution in [0.1, 0.15) is 46.5 Å². The Morgan fingerprint density at radius 1 is 1.41 bits per heavy atom. The highest BCUT2D eigenvalue weighted by Gasteiger charge is 2.26. The Morgan fingerprint density at radius 3 is 2.76 bits per heavy atom. The molecule has 0 aromatic carbocycles. The number of rotatable bonds is 7. The van der Waals surface area contributed by atoms with E-state index in [9.17, 15) is 0 Å². The van der Waals surface area contributed by atoms with Gasteiger partial charge < -0.3 is 14.8 Å². The molecule has 3 heteroatoms. The van der Waals surface area contributed by atoms with Gasteiger partial charge in [0.25, 0.3) is 0 Å². The van der Waals surface area contributed by atoms with Crippen molar-refractivity contribution in [1.29, 1.82) is 0 Å². The fraction of sp³-hybridized carbons (Fsp3) is 1.00. The van der Waals surface area contributed by atoms with E-state index in [2.05, 4.69) is 26.1 Å². The van der Waals surface area contributed by atoms with Gasteiger partial charge in [0.05, 0.1) is 12.7 Å². The van der Waals surface area contributed by atoms with Gasteiger partial charge in [-0.15, -0.1) is 0 Å². The molecule has 3 atom stereocenters. The lowest BCUT2D eigenvalue weighted by atomic mass is 9.94. The Kier molecular flexibility index (Phi) is 7.09. The predicted molar refractivity (Wildman–Crippen MR) is 71.3 cm³/mol. The number of methoxy groups -OCH3 is 1. The average Bonchev–Trinajstić information content (AvgIpc) is 2.30. The van der Waals surface area contributed by atoms with E-state index in [1.807, 2.05) is 0 Å². The highest BCUT2D eigenvalue weighted by molar-refractivity contribution is 4.81. The summed E-state index contributed by atoms with van der Waals surface area (Å²) in [5, 5.41) is 3.74. The molecule has 1 aliphatic heterocycles. The Hall–Kier alpha value is -0.120. The maximum Gasteiger partial charge on any atom is 0.0615 e. The minimum absolute atomic E-state index is 0.422. The van der Waals surface area contributed by atoms with Crippen LogP contribution >= 0.6 is 0 Å². The lowest BCUT2D eigenvalue weighted by Crippen LogP contribution is -2.46. The first-order valence-corrected chi connectivity index (χ1v) is 7.04. The topological polar surface area (TPSA) is 30.5 Å². The van der Waals surface area contributed by atoms with Crippen LogP contribution in [0.25, 0.3) is 0 Å². The van der Waals surface area contributed by atoms with Crippen molar-refractivity contribution in [3.8, 4) is 0 Å². The zero-order chi connectivity index (χ0) is 12.7. The second-order valence-corrected chi connectivity index (χ2v) is 5.48. The van der Waals surface area contributed by atoms with Gasteiger partial charge in [-0.25, -0.2) is 0 Å². The fourth-order valence-corrected chi connectivity index (χ4v) is 2.54. The molecule has 1 heterocycles. The van der Waals surface area contributed by atoms with E-state index in [0.717, 1.165) is 26.1 Å². The molecule has 0 aromatic rings. The molecule has 3 unspecified atom stereocenters. The molecule has 1 rings (SSSR count). The molecule has 0 aromatic heterocycles. The summed E-state index contributed by atoms with van der Waals surface area (Å²) in [5.74, 6) is 0.617. The van der Waals surface area contributed by atoms with E-state index >= 15 is 0 Å². The molecule has 1 saturated heterocycles. The predicted octanol–water partition coefficient (Wildman–Crippen LogP) is 2.59. The number of hydrogen-bond donors (Lipinski definition) is 1. The van der Waals surface area contributed by atoms with Crippen molar-refractivity contribution in [3.63, 3.8) is 0 Å². The molecule has 17 heavy (non-hydrogen) atoms. The monoisotopic (exact) mass is 243 g/mol. The molecule has 0 amide bonds. The molecule has 102 valence electrons. The lowest BCUT2D eigenvalue weighted by Gasteiger charge is -2.34. The van der Waals surface area contributed by atoms with Crippen molar-refractivity contribution in [1.82, 2.24) is 5.32 Å². The first-order chi connectivity index (χ1) is 8.17. The van der Waals surface area contributed by atoms with Gasteiger partial charge in [-0.3, -0.25) is 0 Å². The molecule has 0 radical (unpaired) electrons. The second-order valence-electron chi connectivity index (χ2n) is 5.48. The van der Waals surface area contributed by atoms with Crippen LogP contribution in [0.2, 0.25) is 0 Å². The summed E-state index contributed by atoms with van der Waals surface area (Å²) in [6, 6.07) is 1.10. The molecule has 0 aliphatic carbocycles. The maximum absolute atomic E-state index is 5.80. The summed E-state index contributed by atoms with van der Waals surface area (Å²) >= 11 is 0. The number of hydrogen-bond acceptors (Lipinski definition) is 3. The average molecular weight is 243 g/mol. The van der Waals surface area contributed by atoms with Gasteiger partial charge in [0.2, 0.25) is 0 Å². The highest BCUT2D eigenvalue weighted by atomic mass is 16.5. The highest BCUT2D eigenvalue weighted by Crippen LogP contribution is 2.20. The van der Waals surface area contributed by atoms with Crippen LogP contribution in [0, 0.1) is 5.92 Å². The lowest BCUT2D eigenvalue weighted by molar-refractivity contribution is -0.0275. The molecule has 0 spiro atoms. The zero-order valence-corrected chi connectivity index (χ0v) is 11.9. The van der Waals surface area contributed by atoms with Gasteiger partial charge in [-0.05, 0) is 25.2 Å². The minimum atomic E-state index is 0.422. The molecular formula is C14H29NO2. The Bertz CT molecular complexity index is 191. The minimum Gasteiger partial charge on any atom is -0.383 e. The molecule has 1 fully saturated rings. The van der Waals surface area contributed by atoms with Crippen LogP contribution in [0.15, 0.2) is 0 Å². The van der Waals surface area contributed by atoms with Crippen molar-refractivity contribution < 1.29 is 9.47 Å². The van der Waals surface area contributed by atoms with Crippen molar-refractivity contribution in [3.05, 3.63) is 0 Å². The first kappa shape index (κ1) is 14.9. The van der Waals surface area contributed by atoms with Crippen LogP contribution in [0.3, 0.4) is 0 Å². The van der Waals surface area contributed by atoms with Crippen molar-refractivity contribution in [2.75, 3.05) is 20.3 Å². The van der Waals surface area contributed by atoms with Crippen LogP contribution < -0.4 is 5.32 Å². The normalized spacial score (nSPS) is 27.4. The van der Waals surface area contributed by atoms with E-state index in [0.29, 0.717) is 24.1 Å². The second kappa shape index (κ2) is 8.06. The number of nitrogens with one attached hydrogen (secondary N) is 1. The third kappa shape index (κ3) is 5.36. The zero-order valence-electron chi connectivity index (χ0n) is 11.9. The molecule has 0 bridgehead atoms. The quantitative estimate of drug-likeness (QED) is 0.745. The number of ether oxygens (including phenoxy) is 2. The molecule has 1 aliphatic rings. The summed E-state index contributed by atoms with van der Waals surface area (Å²) in [7, 11) is 1.78. The molecule has 1 N–H and O–H groups in total. The van der Waals surface area contributed by atoms with Crippen molar-refractivity contribution >= 4 is 0 Å². The fourth-order valence-electron chi connectivity index (χ4n) is 2.54. The van der Waals surface area contributed by atoms with Gasteiger partial charge in [-0.1, -0.05) is 27.2 Å². The van der Waals surface area contributed by atoms with Crippen LogP contribution in [-0.2, 0) is 9.47 Å². The SMILES string of the molecule is CCCC(COC)NC1CCOC(C(C)C)C1. The van der Waals surface area contributed by atoms with Crippen LogP contribution in [-0.4, -0.2) is 38.5 Å².